The molecule has 3 rings (SSSR count). The second kappa shape index (κ2) is 5.72. The highest BCUT2D eigenvalue weighted by molar-refractivity contribution is 6.15. The van der Waals surface area contributed by atoms with Crippen molar-refractivity contribution in [2.45, 2.75) is 20.8 Å². The van der Waals surface area contributed by atoms with E-state index >= 15 is 0 Å². The van der Waals surface area contributed by atoms with Gasteiger partial charge in [-0.05, 0) is 42.7 Å². The van der Waals surface area contributed by atoms with Crippen LogP contribution in [0.15, 0.2) is 42.2 Å². The number of ether oxygens (including phenoxy) is 2. The summed E-state index contributed by atoms with van der Waals surface area (Å²) in [6.07, 6.45) is 1.74. The quantitative estimate of drug-likeness (QED) is 0.480. The van der Waals surface area contributed by atoms with Gasteiger partial charge in [-0.1, -0.05) is 24.3 Å². The summed E-state index contributed by atoms with van der Waals surface area (Å²) in [6, 6.07) is 11.0. The van der Waals surface area contributed by atoms with Gasteiger partial charge in [-0.3, -0.25) is 9.59 Å². The van der Waals surface area contributed by atoms with Crippen LogP contribution in [0.2, 0.25) is 0 Å². The molecule has 23 heavy (non-hydrogen) atoms. The average Bonchev–Trinajstić information content (AvgIpc) is 2.77. The van der Waals surface area contributed by atoms with E-state index in [2.05, 4.69) is 0 Å². The number of rotatable bonds is 2. The van der Waals surface area contributed by atoms with Gasteiger partial charge in [0.15, 0.2) is 5.76 Å². The lowest BCUT2D eigenvalue weighted by molar-refractivity contribution is -0.131. The van der Waals surface area contributed by atoms with Gasteiger partial charge in [-0.15, -0.1) is 0 Å². The van der Waals surface area contributed by atoms with Crippen LogP contribution in [0.25, 0.3) is 6.08 Å². The lowest BCUT2D eigenvalue weighted by Crippen LogP contribution is -2.02. The molecule has 0 N–H and O–H groups in total. The molecule has 4 nitrogen and oxygen atoms in total. The lowest BCUT2D eigenvalue weighted by Gasteiger charge is -2.05. The van der Waals surface area contributed by atoms with Gasteiger partial charge in [0.25, 0.3) is 0 Å². The minimum Gasteiger partial charge on any atom is -0.452 e. The molecule has 2 aromatic rings. The van der Waals surface area contributed by atoms with Crippen molar-refractivity contribution in [1.82, 2.24) is 0 Å². The maximum atomic E-state index is 12.6. The Balaban J connectivity index is 2.00. The third-order valence-corrected chi connectivity index (χ3v) is 3.68. The van der Waals surface area contributed by atoms with E-state index in [0.717, 1.165) is 16.7 Å². The van der Waals surface area contributed by atoms with E-state index in [1.165, 1.54) is 6.92 Å². The third-order valence-electron chi connectivity index (χ3n) is 3.68. The highest BCUT2D eigenvalue weighted by atomic mass is 16.5. The summed E-state index contributed by atoms with van der Waals surface area (Å²) < 4.78 is 10.8. The van der Waals surface area contributed by atoms with Crippen molar-refractivity contribution < 1.29 is 19.1 Å². The van der Waals surface area contributed by atoms with Gasteiger partial charge >= 0.3 is 5.97 Å². The summed E-state index contributed by atoms with van der Waals surface area (Å²) in [7, 11) is 0. The molecular formula is C19H16O4. The maximum Gasteiger partial charge on any atom is 0.308 e. The van der Waals surface area contributed by atoms with Crippen LogP contribution in [0.5, 0.6) is 11.5 Å². The number of carbonyl (C=O) groups is 2. The summed E-state index contributed by atoms with van der Waals surface area (Å²) in [5.74, 6) is 0.502. The maximum absolute atomic E-state index is 12.6. The highest BCUT2D eigenvalue weighted by Crippen LogP contribution is 2.37. The van der Waals surface area contributed by atoms with Gasteiger partial charge in [-0.25, -0.2) is 0 Å². The van der Waals surface area contributed by atoms with Crippen molar-refractivity contribution in [2.24, 2.45) is 0 Å². The number of fused-ring (bicyclic) bond motifs is 1. The van der Waals surface area contributed by atoms with Crippen LogP contribution < -0.4 is 9.47 Å². The Kier molecular flexibility index (Phi) is 3.74. The SMILES string of the molecule is CC(=O)Oc1cc(C)c2c(c1)O/C(=C\c1ccccc1C)C2=O. The Hall–Kier alpha value is -2.88. The van der Waals surface area contributed by atoms with Crippen molar-refractivity contribution in [1.29, 1.82) is 0 Å². The van der Waals surface area contributed by atoms with Crippen LogP contribution in [0, 0.1) is 13.8 Å². The topological polar surface area (TPSA) is 52.6 Å². The van der Waals surface area contributed by atoms with Crippen molar-refractivity contribution in [3.05, 3.63) is 64.4 Å². The number of esters is 1. The van der Waals surface area contributed by atoms with E-state index in [1.54, 1.807) is 25.1 Å². The molecule has 1 aliphatic rings. The minimum absolute atomic E-state index is 0.157. The van der Waals surface area contributed by atoms with Gasteiger partial charge < -0.3 is 9.47 Å². The first-order valence-electron chi connectivity index (χ1n) is 7.28. The molecule has 0 aromatic heterocycles. The summed E-state index contributed by atoms with van der Waals surface area (Å²) >= 11 is 0. The highest BCUT2D eigenvalue weighted by Gasteiger charge is 2.30. The molecule has 0 amide bonds. The molecule has 0 spiro atoms. The molecule has 0 unspecified atom stereocenters. The summed E-state index contributed by atoms with van der Waals surface area (Å²) in [4.78, 5) is 23.7. The molecule has 0 aliphatic carbocycles. The zero-order valence-corrected chi connectivity index (χ0v) is 13.2. The van der Waals surface area contributed by atoms with Crippen LogP contribution >= 0.6 is 0 Å². The van der Waals surface area contributed by atoms with E-state index in [0.29, 0.717) is 17.1 Å². The summed E-state index contributed by atoms with van der Waals surface area (Å²) in [6.45, 7) is 5.10. The van der Waals surface area contributed by atoms with Crippen LogP contribution in [0.3, 0.4) is 0 Å². The molecule has 0 saturated heterocycles. The van der Waals surface area contributed by atoms with E-state index in [9.17, 15) is 9.59 Å². The Morgan fingerprint density at radius 3 is 2.57 bits per heavy atom. The van der Waals surface area contributed by atoms with Gasteiger partial charge in [0.1, 0.15) is 11.5 Å². The number of benzene rings is 2. The Morgan fingerprint density at radius 1 is 1.13 bits per heavy atom. The van der Waals surface area contributed by atoms with Crippen molar-refractivity contribution in [3.63, 3.8) is 0 Å². The number of ketones is 1. The third kappa shape index (κ3) is 2.88. The molecule has 116 valence electrons. The molecule has 2 aromatic carbocycles. The van der Waals surface area contributed by atoms with E-state index in [4.69, 9.17) is 9.47 Å². The van der Waals surface area contributed by atoms with E-state index in [1.807, 2.05) is 31.2 Å². The first-order chi connectivity index (χ1) is 11.0. The molecule has 0 radical (unpaired) electrons. The fourth-order valence-corrected chi connectivity index (χ4v) is 2.59. The molecule has 0 saturated carbocycles. The second-order valence-electron chi connectivity index (χ2n) is 5.50. The smallest absolute Gasteiger partial charge is 0.308 e. The minimum atomic E-state index is -0.413. The zero-order valence-electron chi connectivity index (χ0n) is 13.2. The zero-order chi connectivity index (χ0) is 16.6. The van der Waals surface area contributed by atoms with Gasteiger partial charge in [-0.2, -0.15) is 0 Å². The molecule has 1 aliphatic heterocycles. The lowest BCUT2D eigenvalue weighted by atomic mass is 10.0. The number of Topliss-reactive ketones (excluding diaryl/α,β-unsaturated/α-hetero) is 1. The fourth-order valence-electron chi connectivity index (χ4n) is 2.59. The number of allylic oxidation sites excluding steroid dienone is 1. The molecule has 0 bridgehead atoms. The molecule has 0 fully saturated rings. The summed E-state index contributed by atoms with van der Waals surface area (Å²) in [5.41, 5.74) is 3.23. The molecule has 4 heteroatoms. The van der Waals surface area contributed by atoms with Gasteiger partial charge in [0.05, 0.1) is 5.56 Å². The number of hydrogen-bond donors (Lipinski definition) is 0. The number of hydrogen-bond acceptors (Lipinski definition) is 4. The normalized spacial score (nSPS) is 14.6. The number of carbonyl (C=O) groups excluding carboxylic acids is 2. The molecular weight excluding hydrogens is 292 g/mol. The van der Waals surface area contributed by atoms with Crippen LogP contribution in [-0.4, -0.2) is 11.8 Å². The van der Waals surface area contributed by atoms with Gasteiger partial charge in [0.2, 0.25) is 5.78 Å². The van der Waals surface area contributed by atoms with E-state index < -0.39 is 5.97 Å². The fraction of sp³-hybridized carbons (Fsp3) is 0.158. The van der Waals surface area contributed by atoms with Crippen molar-refractivity contribution >= 4 is 17.8 Å². The predicted molar refractivity (Wildman–Crippen MR) is 86.6 cm³/mol. The van der Waals surface area contributed by atoms with Crippen molar-refractivity contribution in [2.75, 3.05) is 0 Å². The van der Waals surface area contributed by atoms with Gasteiger partial charge in [0, 0.05) is 13.0 Å². The van der Waals surface area contributed by atoms with Crippen molar-refractivity contribution in [3.8, 4) is 11.5 Å². The molecule has 0 atom stereocenters. The second-order valence-corrected chi connectivity index (χ2v) is 5.50. The average molecular weight is 308 g/mol. The monoisotopic (exact) mass is 308 g/mol. The largest absolute Gasteiger partial charge is 0.452 e. The van der Waals surface area contributed by atoms with Crippen LogP contribution in [0.4, 0.5) is 0 Å². The first kappa shape index (κ1) is 15.0. The molecule has 1 heterocycles. The Bertz CT molecular complexity index is 846. The summed E-state index contributed by atoms with van der Waals surface area (Å²) in [5, 5.41) is 0. The predicted octanol–water partition coefficient (Wildman–Crippen LogP) is 3.84. The Morgan fingerprint density at radius 2 is 1.87 bits per heavy atom. The number of aryl methyl sites for hydroxylation is 2. The first-order valence-corrected chi connectivity index (χ1v) is 7.28. The van der Waals surface area contributed by atoms with Crippen LogP contribution in [-0.2, 0) is 4.79 Å². The van der Waals surface area contributed by atoms with Crippen LogP contribution in [0.1, 0.15) is 34.0 Å². The Labute approximate surface area is 134 Å². The standard InChI is InChI=1S/C19H16O4/c1-11-6-4-5-7-14(11)9-17-19(21)18-12(2)8-15(22-13(3)20)10-16(18)23-17/h4-10H,1-3H3/b17-9-. The van der Waals surface area contributed by atoms with E-state index in [-0.39, 0.29) is 11.5 Å².